The number of halogens is 1. The Morgan fingerprint density at radius 3 is 3.17 bits per heavy atom. The third kappa shape index (κ3) is 2.49. The minimum Gasteiger partial charge on any atom is -0.431 e. The molecular formula is C11H9ClN4OS. The van der Waals surface area contributed by atoms with Gasteiger partial charge in [-0.1, -0.05) is 23.4 Å². The number of hydrogen-bond donors (Lipinski definition) is 0. The van der Waals surface area contributed by atoms with Crippen LogP contribution in [0.3, 0.4) is 0 Å². The molecule has 0 N–H and O–H groups in total. The van der Waals surface area contributed by atoms with Gasteiger partial charge >= 0.3 is 0 Å². The topological polar surface area (TPSA) is 56.7 Å². The fourth-order valence-electron chi connectivity index (χ4n) is 1.51. The lowest BCUT2D eigenvalue weighted by Crippen LogP contribution is -2.00. The van der Waals surface area contributed by atoms with Crippen molar-refractivity contribution in [2.24, 2.45) is 0 Å². The molecule has 3 aromatic rings. The van der Waals surface area contributed by atoms with E-state index >= 15 is 0 Å². The Balaban J connectivity index is 1.67. The van der Waals surface area contributed by atoms with E-state index in [2.05, 4.69) is 15.1 Å². The Kier molecular flexibility index (Phi) is 3.21. The van der Waals surface area contributed by atoms with E-state index in [9.17, 15) is 0 Å². The molecule has 0 unspecified atom stereocenters. The number of aryl methyl sites for hydroxylation is 1. The highest BCUT2D eigenvalue weighted by atomic mass is 35.5. The number of thioether (sulfide) groups is 1. The van der Waals surface area contributed by atoms with Gasteiger partial charge in [0.2, 0.25) is 0 Å². The highest BCUT2D eigenvalue weighted by Gasteiger charge is 2.06. The monoisotopic (exact) mass is 280 g/mol. The molecule has 0 aliphatic carbocycles. The van der Waals surface area contributed by atoms with Gasteiger partial charge in [-0.05, 0) is 12.1 Å². The van der Waals surface area contributed by atoms with Crippen LogP contribution in [-0.2, 0) is 6.54 Å². The normalized spacial score (nSPS) is 11.2. The molecule has 0 amide bonds. The molecule has 0 saturated heterocycles. The van der Waals surface area contributed by atoms with Crippen LogP contribution in [0.5, 0.6) is 0 Å². The van der Waals surface area contributed by atoms with Gasteiger partial charge in [-0.2, -0.15) is 5.10 Å². The van der Waals surface area contributed by atoms with Crippen LogP contribution in [0, 0.1) is 0 Å². The summed E-state index contributed by atoms with van der Waals surface area (Å²) in [5.41, 5.74) is 1.54. The molecule has 0 spiro atoms. The molecule has 3 rings (SSSR count). The summed E-state index contributed by atoms with van der Waals surface area (Å²) in [5.74, 6) is 0.823. The number of hydrogen-bond acceptors (Lipinski definition) is 5. The van der Waals surface area contributed by atoms with Crippen molar-refractivity contribution in [1.29, 1.82) is 0 Å². The second kappa shape index (κ2) is 4.99. The Labute approximate surface area is 112 Å². The van der Waals surface area contributed by atoms with E-state index in [1.165, 1.54) is 6.33 Å². The molecule has 5 nitrogen and oxygen atoms in total. The van der Waals surface area contributed by atoms with E-state index in [0.29, 0.717) is 15.8 Å². The number of fused-ring (bicyclic) bond motifs is 1. The van der Waals surface area contributed by atoms with Gasteiger partial charge in [0, 0.05) is 16.8 Å². The van der Waals surface area contributed by atoms with E-state index in [1.54, 1.807) is 34.9 Å². The first-order chi connectivity index (χ1) is 8.81. The number of benzene rings is 1. The maximum Gasteiger partial charge on any atom is 0.256 e. The zero-order chi connectivity index (χ0) is 12.4. The summed E-state index contributed by atoms with van der Waals surface area (Å²) in [6, 6.07) is 5.42. The molecule has 0 fully saturated rings. The van der Waals surface area contributed by atoms with E-state index in [-0.39, 0.29) is 0 Å². The van der Waals surface area contributed by atoms with Crippen molar-refractivity contribution in [2.75, 3.05) is 5.75 Å². The minimum absolute atomic E-state index is 0.646. The molecule has 92 valence electrons. The molecular weight excluding hydrogens is 272 g/mol. The molecule has 0 radical (unpaired) electrons. The predicted molar refractivity (Wildman–Crippen MR) is 69.8 cm³/mol. The smallest absolute Gasteiger partial charge is 0.256 e. The summed E-state index contributed by atoms with van der Waals surface area (Å²) in [6.45, 7) is 0.768. The van der Waals surface area contributed by atoms with Crippen LogP contribution in [0.1, 0.15) is 0 Å². The van der Waals surface area contributed by atoms with Gasteiger partial charge in [-0.3, -0.25) is 4.68 Å². The van der Waals surface area contributed by atoms with Crippen LogP contribution >= 0.6 is 23.4 Å². The molecule has 18 heavy (non-hydrogen) atoms. The molecule has 1 aromatic carbocycles. The molecule has 7 heteroatoms. The lowest BCUT2D eigenvalue weighted by molar-refractivity contribution is 0.489. The van der Waals surface area contributed by atoms with Gasteiger partial charge in [0.05, 0.1) is 6.54 Å². The number of aromatic nitrogens is 4. The quantitative estimate of drug-likeness (QED) is 0.688. The summed E-state index contributed by atoms with van der Waals surface area (Å²) < 4.78 is 7.36. The Morgan fingerprint density at radius 2 is 2.33 bits per heavy atom. The molecule has 0 aliphatic rings. The van der Waals surface area contributed by atoms with Crippen molar-refractivity contribution >= 4 is 34.5 Å². The Morgan fingerprint density at radius 1 is 1.39 bits per heavy atom. The Hall–Kier alpha value is -1.53. The zero-order valence-electron chi connectivity index (χ0n) is 9.28. The van der Waals surface area contributed by atoms with E-state index in [1.807, 2.05) is 6.07 Å². The molecule has 2 aromatic heterocycles. The zero-order valence-corrected chi connectivity index (χ0v) is 10.9. The summed E-state index contributed by atoms with van der Waals surface area (Å²) in [6.07, 6.45) is 3.21. The van der Waals surface area contributed by atoms with Crippen molar-refractivity contribution < 1.29 is 4.42 Å². The lowest BCUT2D eigenvalue weighted by atomic mass is 10.3. The largest absolute Gasteiger partial charge is 0.431 e. The molecule has 0 atom stereocenters. The maximum atomic E-state index is 5.89. The van der Waals surface area contributed by atoms with Gasteiger partial charge in [-0.25, -0.2) is 9.97 Å². The average molecular weight is 281 g/mol. The second-order valence-corrected chi connectivity index (χ2v) is 5.08. The summed E-state index contributed by atoms with van der Waals surface area (Å²) >= 11 is 7.43. The van der Waals surface area contributed by atoms with Crippen molar-refractivity contribution in [3.05, 3.63) is 35.9 Å². The maximum absolute atomic E-state index is 5.89. The number of nitrogens with zero attached hydrogens (tertiary/aromatic N) is 4. The lowest BCUT2D eigenvalue weighted by Gasteiger charge is -1.96. The summed E-state index contributed by atoms with van der Waals surface area (Å²) in [5, 5.41) is 5.32. The third-order valence-electron chi connectivity index (χ3n) is 2.34. The van der Waals surface area contributed by atoms with E-state index < -0.39 is 0 Å². The van der Waals surface area contributed by atoms with Gasteiger partial charge in [-0.15, -0.1) is 0 Å². The molecule has 0 bridgehead atoms. The fraction of sp³-hybridized carbons (Fsp3) is 0.182. The van der Waals surface area contributed by atoms with E-state index in [0.717, 1.165) is 17.8 Å². The van der Waals surface area contributed by atoms with Gasteiger partial charge < -0.3 is 4.42 Å². The minimum atomic E-state index is 0.646. The molecule has 0 aliphatic heterocycles. The number of rotatable bonds is 4. The van der Waals surface area contributed by atoms with Crippen LogP contribution < -0.4 is 0 Å². The predicted octanol–water partition coefficient (Wildman–Crippen LogP) is 2.87. The first-order valence-corrected chi connectivity index (χ1v) is 6.69. The third-order valence-corrected chi connectivity index (χ3v) is 3.39. The van der Waals surface area contributed by atoms with Gasteiger partial charge in [0.15, 0.2) is 5.58 Å². The average Bonchev–Trinajstić information content (AvgIpc) is 2.97. The van der Waals surface area contributed by atoms with E-state index in [4.69, 9.17) is 16.0 Å². The standard InChI is InChI=1S/C11H9ClN4OS/c12-8-1-2-9-10(5-8)17-11(15-9)18-4-3-16-7-13-6-14-16/h1-2,5-7H,3-4H2. The first kappa shape index (κ1) is 11.6. The van der Waals surface area contributed by atoms with Gasteiger partial charge in [0.25, 0.3) is 5.22 Å². The van der Waals surface area contributed by atoms with Crippen molar-refractivity contribution in [2.45, 2.75) is 11.8 Å². The summed E-state index contributed by atoms with van der Waals surface area (Å²) in [4.78, 5) is 8.25. The van der Waals surface area contributed by atoms with Crippen LogP contribution in [0.25, 0.3) is 11.1 Å². The highest BCUT2D eigenvalue weighted by molar-refractivity contribution is 7.99. The SMILES string of the molecule is Clc1ccc2nc(SCCn3cncn3)oc2c1. The fourth-order valence-corrected chi connectivity index (χ4v) is 2.44. The van der Waals surface area contributed by atoms with Crippen molar-refractivity contribution in [3.8, 4) is 0 Å². The van der Waals surface area contributed by atoms with Crippen molar-refractivity contribution in [3.63, 3.8) is 0 Å². The summed E-state index contributed by atoms with van der Waals surface area (Å²) in [7, 11) is 0. The highest BCUT2D eigenvalue weighted by Crippen LogP contribution is 2.25. The van der Waals surface area contributed by atoms with Crippen molar-refractivity contribution in [1.82, 2.24) is 19.7 Å². The number of oxazole rings is 1. The molecule has 2 heterocycles. The van der Waals surface area contributed by atoms with Crippen LogP contribution in [0.4, 0.5) is 0 Å². The second-order valence-electron chi connectivity index (χ2n) is 3.60. The van der Waals surface area contributed by atoms with Crippen LogP contribution in [0.15, 0.2) is 40.5 Å². The Bertz CT molecular complexity index is 652. The molecule has 0 saturated carbocycles. The first-order valence-electron chi connectivity index (χ1n) is 5.32. The van der Waals surface area contributed by atoms with Crippen LogP contribution in [0.2, 0.25) is 5.02 Å². The van der Waals surface area contributed by atoms with Crippen LogP contribution in [-0.4, -0.2) is 25.5 Å². The van der Waals surface area contributed by atoms with Gasteiger partial charge in [0.1, 0.15) is 18.2 Å².